The van der Waals surface area contributed by atoms with Crippen LogP contribution in [0.3, 0.4) is 0 Å². The molecular formula is C28H32N4O4. The molecule has 2 aliphatic carbocycles. The molecule has 8 heteroatoms. The molecule has 2 fully saturated rings. The van der Waals surface area contributed by atoms with Gasteiger partial charge in [0, 0.05) is 17.8 Å². The van der Waals surface area contributed by atoms with Gasteiger partial charge in [-0.3, -0.25) is 9.59 Å². The van der Waals surface area contributed by atoms with Crippen LogP contribution in [0.15, 0.2) is 59.0 Å². The standard InChI is InChI=1S/C28H32N4O4/c33-24(34)18-19-10-14-28(15-11-19)16-12-21(13-17-28)20-6-8-23(9-7-20)29-25(35)26-31-32-27(36-26)30-22-4-2-1-3-5-22/h1-9,19,21H,10-18H2,(H,29,35)(H,30,32)(H,33,34). The zero-order valence-corrected chi connectivity index (χ0v) is 20.3. The normalized spacial score (nSPS) is 23.8. The molecule has 8 nitrogen and oxygen atoms in total. The van der Waals surface area contributed by atoms with Crippen LogP contribution in [-0.4, -0.2) is 27.2 Å². The molecule has 0 atom stereocenters. The van der Waals surface area contributed by atoms with Crippen LogP contribution in [0.1, 0.15) is 80.0 Å². The lowest BCUT2D eigenvalue weighted by Gasteiger charge is -2.45. The number of hydrogen-bond acceptors (Lipinski definition) is 6. The quantitative estimate of drug-likeness (QED) is 0.353. The number of nitrogens with one attached hydrogen (secondary N) is 2. The molecule has 36 heavy (non-hydrogen) atoms. The molecule has 0 bridgehead atoms. The van der Waals surface area contributed by atoms with Crippen LogP contribution in [0.4, 0.5) is 17.4 Å². The molecule has 0 saturated heterocycles. The van der Waals surface area contributed by atoms with Gasteiger partial charge >= 0.3 is 23.8 Å². The van der Waals surface area contributed by atoms with Crippen molar-refractivity contribution in [3.8, 4) is 0 Å². The zero-order valence-electron chi connectivity index (χ0n) is 20.3. The molecule has 1 amide bonds. The molecule has 2 aromatic carbocycles. The number of aliphatic carboxylic acids is 1. The number of nitrogens with zero attached hydrogens (tertiary/aromatic N) is 2. The molecule has 0 aliphatic heterocycles. The molecule has 2 saturated carbocycles. The van der Waals surface area contributed by atoms with Gasteiger partial charge in [0.2, 0.25) is 0 Å². The molecule has 188 valence electrons. The van der Waals surface area contributed by atoms with E-state index >= 15 is 0 Å². The first kappa shape index (κ1) is 24.0. The number of carboxylic acids is 1. The van der Waals surface area contributed by atoms with E-state index in [-0.39, 0.29) is 11.9 Å². The van der Waals surface area contributed by atoms with Crippen LogP contribution < -0.4 is 10.6 Å². The largest absolute Gasteiger partial charge is 0.481 e. The van der Waals surface area contributed by atoms with Crippen LogP contribution in [0.5, 0.6) is 0 Å². The molecule has 3 aromatic rings. The number of aromatic nitrogens is 2. The summed E-state index contributed by atoms with van der Waals surface area (Å²) in [7, 11) is 0. The van der Waals surface area contributed by atoms with Crippen molar-refractivity contribution in [1.29, 1.82) is 0 Å². The lowest BCUT2D eigenvalue weighted by atomic mass is 9.60. The fourth-order valence-electron chi connectivity index (χ4n) is 5.84. The molecule has 3 N–H and O–H groups in total. The minimum absolute atomic E-state index is 0.104. The number of para-hydroxylation sites is 1. The SMILES string of the molecule is O=C(O)CC1CCC2(CC1)CCC(c1ccc(NC(=O)c3nnc(Nc4ccccc4)o3)cc1)CC2. The van der Waals surface area contributed by atoms with Gasteiger partial charge in [-0.25, -0.2) is 0 Å². The fraction of sp³-hybridized carbons (Fsp3) is 0.429. The highest BCUT2D eigenvalue weighted by Crippen LogP contribution is 2.52. The summed E-state index contributed by atoms with van der Waals surface area (Å²) < 4.78 is 5.45. The number of carbonyl (C=O) groups is 2. The van der Waals surface area contributed by atoms with E-state index in [2.05, 4.69) is 33.0 Å². The Labute approximate surface area is 210 Å². The highest BCUT2D eigenvalue weighted by atomic mass is 16.4. The Bertz CT molecular complexity index is 1170. The number of benzene rings is 2. The summed E-state index contributed by atoms with van der Waals surface area (Å²) in [5, 5.41) is 22.6. The van der Waals surface area contributed by atoms with Crippen molar-refractivity contribution >= 4 is 29.3 Å². The average molecular weight is 489 g/mol. The first-order chi connectivity index (χ1) is 17.5. The molecule has 0 unspecified atom stereocenters. The van der Waals surface area contributed by atoms with Gasteiger partial charge in [-0.15, -0.1) is 5.10 Å². The van der Waals surface area contributed by atoms with Crippen molar-refractivity contribution in [3.63, 3.8) is 0 Å². The Morgan fingerprint density at radius 2 is 1.56 bits per heavy atom. The van der Waals surface area contributed by atoms with Gasteiger partial charge in [0.25, 0.3) is 0 Å². The van der Waals surface area contributed by atoms with Gasteiger partial charge in [0.05, 0.1) is 0 Å². The number of amides is 1. The predicted octanol–water partition coefficient (Wildman–Crippen LogP) is 6.37. The summed E-state index contributed by atoms with van der Waals surface area (Å²) in [6, 6.07) is 17.6. The molecule has 0 radical (unpaired) electrons. The van der Waals surface area contributed by atoms with E-state index in [9.17, 15) is 9.59 Å². The second-order valence-corrected chi connectivity index (χ2v) is 10.3. The lowest BCUT2D eigenvalue weighted by Crippen LogP contribution is -2.32. The van der Waals surface area contributed by atoms with Crippen LogP contribution in [0, 0.1) is 11.3 Å². The van der Waals surface area contributed by atoms with Gasteiger partial charge in [0.15, 0.2) is 0 Å². The molecule has 1 heterocycles. The second-order valence-electron chi connectivity index (χ2n) is 10.3. The van der Waals surface area contributed by atoms with E-state index < -0.39 is 11.9 Å². The van der Waals surface area contributed by atoms with Gasteiger partial charge < -0.3 is 20.2 Å². The summed E-state index contributed by atoms with van der Waals surface area (Å²) in [6.07, 6.45) is 9.51. The van der Waals surface area contributed by atoms with Crippen LogP contribution in [0.25, 0.3) is 0 Å². The molecule has 1 spiro atoms. The molecule has 1 aromatic heterocycles. The van der Waals surface area contributed by atoms with Crippen molar-refractivity contribution in [2.75, 3.05) is 10.6 Å². The summed E-state index contributed by atoms with van der Waals surface area (Å²) in [4.78, 5) is 23.6. The first-order valence-electron chi connectivity index (χ1n) is 12.8. The number of anilines is 3. The lowest BCUT2D eigenvalue weighted by molar-refractivity contribution is -0.138. The van der Waals surface area contributed by atoms with Gasteiger partial charge in [-0.1, -0.05) is 35.4 Å². The van der Waals surface area contributed by atoms with E-state index in [1.807, 2.05) is 42.5 Å². The minimum atomic E-state index is -0.666. The van der Waals surface area contributed by atoms with E-state index in [1.165, 1.54) is 31.2 Å². The maximum atomic E-state index is 12.6. The Morgan fingerprint density at radius 3 is 2.22 bits per heavy atom. The van der Waals surface area contributed by atoms with Crippen LogP contribution in [0.2, 0.25) is 0 Å². The first-order valence-corrected chi connectivity index (χ1v) is 12.8. The smallest absolute Gasteiger partial charge is 0.320 e. The van der Waals surface area contributed by atoms with Crippen molar-refractivity contribution in [2.24, 2.45) is 11.3 Å². The van der Waals surface area contributed by atoms with E-state index in [4.69, 9.17) is 9.52 Å². The average Bonchev–Trinajstić information content (AvgIpc) is 3.36. The predicted molar refractivity (Wildman–Crippen MR) is 136 cm³/mol. The molecular weight excluding hydrogens is 456 g/mol. The highest BCUT2D eigenvalue weighted by Gasteiger charge is 2.39. The highest BCUT2D eigenvalue weighted by molar-refractivity contribution is 6.00. The number of carbonyl (C=O) groups excluding carboxylic acids is 1. The monoisotopic (exact) mass is 488 g/mol. The maximum absolute atomic E-state index is 12.6. The van der Waals surface area contributed by atoms with Crippen LogP contribution in [-0.2, 0) is 4.79 Å². The Kier molecular flexibility index (Phi) is 7.02. The van der Waals surface area contributed by atoms with Crippen molar-refractivity contribution in [1.82, 2.24) is 10.2 Å². The molecule has 5 rings (SSSR count). The topological polar surface area (TPSA) is 117 Å². The summed E-state index contributed by atoms with van der Waals surface area (Å²) in [6.45, 7) is 0. The van der Waals surface area contributed by atoms with Gasteiger partial charge in [-0.05, 0) is 98.4 Å². The fourth-order valence-corrected chi connectivity index (χ4v) is 5.84. The minimum Gasteiger partial charge on any atom is -0.481 e. The third-order valence-electron chi connectivity index (χ3n) is 7.96. The molecule has 2 aliphatic rings. The number of hydrogen-bond donors (Lipinski definition) is 3. The summed E-state index contributed by atoms with van der Waals surface area (Å²) >= 11 is 0. The second kappa shape index (κ2) is 10.5. The van der Waals surface area contributed by atoms with E-state index in [0.29, 0.717) is 29.4 Å². The third-order valence-corrected chi connectivity index (χ3v) is 7.96. The van der Waals surface area contributed by atoms with Gasteiger partial charge in [0.1, 0.15) is 0 Å². The van der Waals surface area contributed by atoms with E-state index in [0.717, 1.165) is 31.4 Å². The Hall–Kier alpha value is -3.68. The van der Waals surface area contributed by atoms with Crippen molar-refractivity contribution < 1.29 is 19.1 Å². The van der Waals surface area contributed by atoms with Crippen LogP contribution >= 0.6 is 0 Å². The number of rotatable bonds is 7. The maximum Gasteiger partial charge on any atom is 0.320 e. The zero-order chi connectivity index (χ0) is 25.0. The summed E-state index contributed by atoms with van der Waals surface area (Å²) in [5.41, 5.74) is 3.19. The van der Waals surface area contributed by atoms with Crippen molar-refractivity contribution in [2.45, 2.75) is 63.7 Å². The Morgan fingerprint density at radius 1 is 0.889 bits per heavy atom. The van der Waals surface area contributed by atoms with E-state index in [1.54, 1.807) is 0 Å². The van der Waals surface area contributed by atoms with Crippen molar-refractivity contribution in [3.05, 3.63) is 66.1 Å². The van der Waals surface area contributed by atoms with Gasteiger partial charge in [-0.2, -0.15) is 0 Å². The Balaban J connectivity index is 1.11. The third kappa shape index (κ3) is 5.75. The number of carboxylic acid groups (broad SMARTS) is 1. The summed E-state index contributed by atoms with van der Waals surface area (Å²) in [5.74, 6) is -0.337.